The van der Waals surface area contributed by atoms with Crippen molar-refractivity contribution in [2.45, 2.75) is 39.2 Å². The van der Waals surface area contributed by atoms with E-state index in [9.17, 15) is 14.4 Å². The fraction of sp³-hybridized carbons (Fsp3) is 0.700. The summed E-state index contributed by atoms with van der Waals surface area (Å²) in [6, 6.07) is 0. The van der Waals surface area contributed by atoms with E-state index in [0.717, 1.165) is 22.1 Å². The Hall–Kier alpha value is -1.30. The first-order valence-corrected chi connectivity index (χ1v) is 6.16. The highest BCUT2D eigenvalue weighted by Gasteiger charge is 2.13. The first-order valence-electron chi connectivity index (χ1n) is 5.62. The van der Waals surface area contributed by atoms with Gasteiger partial charge in [-0.3, -0.25) is 4.79 Å². The molecule has 0 aromatic carbocycles. The second-order valence-corrected chi connectivity index (χ2v) is 4.10. The summed E-state index contributed by atoms with van der Waals surface area (Å²) in [6.45, 7) is 2.13. The highest BCUT2D eigenvalue weighted by molar-refractivity contribution is 6.17. The van der Waals surface area contributed by atoms with Crippen LogP contribution in [0.5, 0.6) is 0 Å². The third-order valence-electron chi connectivity index (χ3n) is 2.43. The van der Waals surface area contributed by atoms with Crippen LogP contribution in [0.3, 0.4) is 0 Å². The zero-order valence-corrected chi connectivity index (χ0v) is 10.5. The van der Waals surface area contributed by atoms with Gasteiger partial charge in [-0.25, -0.2) is 19.3 Å². The number of carbonyl (C=O) groups excluding carboxylic acids is 1. The minimum atomic E-state index is -0.642. The van der Waals surface area contributed by atoms with E-state index in [-0.39, 0.29) is 24.8 Å². The van der Waals surface area contributed by atoms with E-state index in [1.165, 1.54) is 0 Å². The molecule has 0 unspecified atom stereocenters. The number of nitrogens with one attached hydrogen (secondary N) is 1. The molecule has 1 rings (SSSR count). The minimum absolute atomic E-state index is 0.102. The predicted molar refractivity (Wildman–Crippen MR) is 64.8 cm³/mol. The summed E-state index contributed by atoms with van der Waals surface area (Å²) in [7, 11) is 0. The van der Waals surface area contributed by atoms with Crippen molar-refractivity contribution >= 4 is 17.5 Å². The number of hydrogen-bond donors (Lipinski definition) is 1. The number of unbranched alkanes of at least 4 members (excludes halogenated alkanes) is 2. The maximum atomic E-state index is 11.7. The van der Waals surface area contributed by atoms with Crippen LogP contribution < -0.4 is 11.4 Å². The van der Waals surface area contributed by atoms with E-state index in [0.29, 0.717) is 6.42 Å². The van der Waals surface area contributed by atoms with Crippen LogP contribution in [0.1, 0.15) is 37.4 Å². The summed E-state index contributed by atoms with van der Waals surface area (Å²) in [4.78, 5) is 34.7. The Morgan fingerprint density at radius 1 is 1.35 bits per heavy atom. The van der Waals surface area contributed by atoms with Crippen molar-refractivity contribution in [2.75, 3.05) is 5.88 Å². The van der Waals surface area contributed by atoms with Crippen LogP contribution in [-0.2, 0) is 6.54 Å². The highest BCUT2D eigenvalue weighted by atomic mass is 35.5. The Bertz CT molecular complexity index is 486. The normalized spacial score (nSPS) is 10.7. The van der Waals surface area contributed by atoms with Crippen LogP contribution in [0, 0.1) is 0 Å². The Morgan fingerprint density at radius 2 is 2.06 bits per heavy atom. The Balaban J connectivity index is 2.85. The van der Waals surface area contributed by atoms with E-state index in [4.69, 9.17) is 11.6 Å². The lowest BCUT2D eigenvalue weighted by atomic mass is 10.2. The molecule has 0 bridgehead atoms. The summed E-state index contributed by atoms with van der Waals surface area (Å²) in [6.07, 6.45) is 2.89. The largest absolute Gasteiger partial charge is 0.354 e. The fourth-order valence-electron chi connectivity index (χ4n) is 1.50. The summed E-state index contributed by atoms with van der Waals surface area (Å²) < 4.78 is 1.69. The number of nitrogens with zero attached hydrogens (tertiary/aromatic N) is 2. The summed E-state index contributed by atoms with van der Waals surface area (Å²) in [5.41, 5.74) is -1.24. The van der Waals surface area contributed by atoms with Crippen molar-refractivity contribution in [1.82, 2.24) is 14.3 Å². The van der Waals surface area contributed by atoms with Crippen molar-refractivity contribution < 1.29 is 4.79 Å². The molecule has 1 heterocycles. The van der Waals surface area contributed by atoms with Gasteiger partial charge in [0.2, 0.25) is 5.91 Å². The monoisotopic (exact) mass is 261 g/mol. The Labute approximate surface area is 103 Å². The molecule has 17 heavy (non-hydrogen) atoms. The van der Waals surface area contributed by atoms with Gasteiger partial charge in [0.1, 0.15) is 0 Å². The molecular formula is C10H16ClN3O3. The summed E-state index contributed by atoms with van der Waals surface area (Å²) >= 11 is 5.46. The zero-order chi connectivity index (χ0) is 12.8. The lowest BCUT2D eigenvalue weighted by molar-refractivity contribution is 0.0877. The molecule has 6 nitrogen and oxygen atoms in total. The summed E-state index contributed by atoms with van der Waals surface area (Å²) in [5.74, 6) is -0.231. The van der Waals surface area contributed by atoms with Crippen LogP contribution in [0.15, 0.2) is 9.59 Å². The molecule has 1 aromatic heterocycles. The second kappa shape index (κ2) is 6.44. The molecular weight excluding hydrogens is 246 g/mol. The number of alkyl halides is 1. The molecule has 0 amide bonds. The van der Waals surface area contributed by atoms with Crippen molar-refractivity contribution in [3.63, 3.8) is 0 Å². The van der Waals surface area contributed by atoms with Crippen LogP contribution in [0.25, 0.3) is 0 Å². The Morgan fingerprint density at radius 3 is 2.65 bits per heavy atom. The van der Waals surface area contributed by atoms with Gasteiger partial charge in [0.15, 0.2) is 0 Å². The Kier molecular flexibility index (Phi) is 5.21. The average Bonchev–Trinajstić information content (AvgIpc) is 2.58. The number of rotatable bonds is 6. The van der Waals surface area contributed by atoms with Gasteiger partial charge in [0, 0.05) is 18.8 Å². The van der Waals surface area contributed by atoms with Gasteiger partial charge < -0.3 is 0 Å². The SMILES string of the molecule is CCCCCC(=O)n1[nH]c(=O)n(CCCl)c1=O. The minimum Gasteiger partial charge on any atom is -0.272 e. The molecule has 0 saturated carbocycles. The van der Waals surface area contributed by atoms with Crippen molar-refractivity contribution in [1.29, 1.82) is 0 Å². The first-order chi connectivity index (χ1) is 8.11. The fourth-order valence-corrected chi connectivity index (χ4v) is 1.67. The third-order valence-corrected chi connectivity index (χ3v) is 2.60. The highest BCUT2D eigenvalue weighted by Crippen LogP contribution is 1.99. The topological polar surface area (TPSA) is 76.9 Å². The van der Waals surface area contributed by atoms with E-state index in [2.05, 4.69) is 5.10 Å². The maximum Gasteiger partial charge on any atom is 0.354 e. The standard InChI is InChI=1S/C10H16ClN3O3/c1-2-3-4-5-8(15)14-10(17)13(7-6-11)9(16)12-14/h2-7H2,1H3,(H,12,16). The van der Waals surface area contributed by atoms with Crippen molar-refractivity contribution in [2.24, 2.45) is 0 Å². The first kappa shape index (κ1) is 13.8. The smallest absolute Gasteiger partial charge is 0.272 e. The summed E-state index contributed by atoms with van der Waals surface area (Å²) in [5, 5.41) is 2.23. The number of aromatic nitrogens is 3. The van der Waals surface area contributed by atoms with Gasteiger partial charge in [-0.15, -0.1) is 11.6 Å². The number of carbonyl (C=O) groups is 1. The molecule has 0 aliphatic heterocycles. The number of halogens is 1. The lowest BCUT2D eigenvalue weighted by Gasteiger charge is -1.98. The van der Waals surface area contributed by atoms with Crippen LogP contribution in [-0.4, -0.2) is 26.1 Å². The molecule has 0 aliphatic rings. The van der Waals surface area contributed by atoms with Crippen LogP contribution >= 0.6 is 11.6 Å². The molecule has 0 aliphatic carbocycles. The van der Waals surface area contributed by atoms with Gasteiger partial charge in [0.25, 0.3) is 0 Å². The predicted octanol–water partition coefficient (Wildman–Crippen LogP) is 0.797. The molecule has 0 radical (unpaired) electrons. The van der Waals surface area contributed by atoms with E-state index in [1.807, 2.05) is 6.92 Å². The molecule has 0 atom stereocenters. The third kappa shape index (κ3) is 3.33. The molecule has 0 saturated heterocycles. The van der Waals surface area contributed by atoms with Gasteiger partial charge in [-0.2, -0.15) is 4.68 Å². The molecule has 7 heteroatoms. The molecule has 1 N–H and O–H groups in total. The number of hydrogen-bond acceptors (Lipinski definition) is 3. The van der Waals surface area contributed by atoms with E-state index in [1.54, 1.807) is 0 Å². The average molecular weight is 262 g/mol. The van der Waals surface area contributed by atoms with Gasteiger partial charge in [-0.1, -0.05) is 19.8 Å². The lowest BCUT2D eigenvalue weighted by Crippen LogP contribution is -2.31. The number of aromatic amines is 1. The zero-order valence-electron chi connectivity index (χ0n) is 9.74. The quantitative estimate of drug-likeness (QED) is 0.608. The molecule has 1 aromatic rings. The molecule has 0 spiro atoms. The van der Waals surface area contributed by atoms with Gasteiger partial charge >= 0.3 is 11.4 Å². The van der Waals surface area contributed by atoms with Crippen molar-refractivity contribution in [3.8, 4) is 0 Å². The van der Waals surface area contributed by atoms with E-state index < -0.39 is 11.4 Å². The second-order valence-electron chi connectivity index (χ2n) is 3.73. The van der Waals surface area contributed by atoms with Crippen LogP contribution in [0.2, 0.25) is 0 Å². The maximum absolute atomic E-state index is 11.7. The molecule has 0 fully saturated rings. The van der Waals surface area contributed by atoms with Crippen LogP contribution in [0.4, 0.5) is 0 Å². The van der Waals surface area contributed by atoms with Gasteiger partial charge in [-0.05, 0) is 6.42 Å². The number of H-pyrrole nitrogens is 1. The van der Waals surface area contributed by atoms with E-state index >= 15 is 0 Å². The van der Waals surface area contributed by atoms with Crippen molar-refractivity contribution in [3.05, 3.63) is 21.0 Å². The molecule has 96 valence electrons. The van der Waals surface area contributed by atoms with Gasteiger partial charge in [0.05, 0.1) is 0 Å².